The van der Waals surface area contributed by atoms with E-state index in [0.29, 0.717) is 91.2 Å². The molecule has 0 saturated carbocycles. The zero-order valence-electron chi connectivity index (χ0n) is 50.7. The van der Waals surface area contributed by atoms with E-state index in [0.717, 1.165) is 56.9 Å². The predicted octanol–water partition coefficient (Wildman–Crippen LogP) is 12.1. The van der Waals surface area contributed by atoms with Crippen LogP contribution in [0, 0.1) is 27.7 Å². The normalized spacial score (nSPS) is 10.6. The summed E-state index contributed by atoms with van der Waals surface area (Å²) in [6.45, 7) is 15.2. The van der Waals surface area contributed by atoms with Crippen LogP contribution in [0.2, 0.25) is 0 Å². The van der Waals surface area contributed by atoms with Gasteiger partial charge in [0.1, 0.15) is 93.9 Å². The Morgan fingerprint density at radius 2 is 0.843 bits per heavy atom. The topological polar surface area (TPSA) is 287 Å². The highest BCUT2D eigenvalue weighted by molar-refractivity contribution is 9.11. The summed E-state index contributed by atoms with van der Waals surface area (Å²) in [7, 11) is 3.17. The second-order valence-corrected chi connectivity index (χ2v) is 21.6. The first kappa shape index (κ1) is 66.7. The summed E-state index contributed by atoms with van der Waals surface area (Å²) in [4.78, 5) is 95.1. The highest BCUT2D eigenvalue weighted by Gasteiger charge is 2.24. The minimum absolute atomic E-state index is 0.0111. The Morgan fingerprint density at radius 1 is 0.483 bits per heavy atom. The third kappa shape index (κ3) is 16.6. The molecule has 0 aliphatic carbocycles. The van der Waals surface area contributed by atoms with Gasteiger partial charge in [-0.05, 0) is 164 Å². The number of hydrogen-bond donors (Lipinski definition) is 3. The van der Waals surface area contributed by atoms with Crippen LogP contribution >= 0.6 is 31.9 Å². The van der Waals surface area contributed by atoms with Gasteiger partial charge in [-0.1, -0.05) is 27.7 Å². The molecule has 89 heavy (non-hydrogen) atoms. The second kappa shape index (κ2) is 30.7. The number of fused-ring (bicyclic) bond motifs is 3. The molecule has 0 saturated heterocycles. The van der Waals surface area contributed by atoms with E-state index in [4.69, 9.17) is 15.2 Å². The highest BCUT2D eigenvalue weighted by atomic mass is 79.9. The highest BCUT2D eigenvalue weighted by Crippen LogP contribution is 2.34. The van der Waals surface area contributed by atoms with Gasteiger partial charge >= 0.3 is 0 Å². The molecule has 458 valence electrons. The summed E-state index contributed by atoms with van der Waals surface area (Å²) in [5, 5.41) is 19.1. The summed E-state index contributed by atoms with van der Waals surface area (Å²) in [6, 6.07) is 30.6. The van der Waals surface area contributed by atoms with E-state index in [-0.39, 0.29) is 46.8 Å². The Kier molecular flexibility index (Phi) is 23.0. The molecule has 0 radical (unpaired) electrons. The van der Waals surface area contributed by atoms with Gasteiger partial charge in [-0.15, -0.1) is 0 Å². The number of hydrogen-bond acceptors (Lipinski definition) is 18. The van der Waals surface area contributed by atoms with Gasteiger partial charge in [-0.2, -0.15) is 0 Å². The molecule has 11 rings (SSSR count). The number of phenols is 2. The minimum atomic E-state index is -0.165. The molecule has 7 heterocycles. The van der Waals surface area contributed by atoms with Crippen LogP contribution in [0.3, 0.4) is 0 Å². The third-order valence-electron chi connectivity index (χ3n) is 13.6. The van der Waals surface area contributed by atoms with E-state index in [1.165, 1.54) is 18.5 Å². The van der Waals surface area contributed by atoms with Crippen LogP contribution in [-0.4, -0.2) is 106 Å². The van der Waals surface area contributed by atoms with Crippen molar-refractivity contribution in [1.29, 1.82) is 0 Å². The molecule has 0 aliphatic rings. The van der Waals surface area contributed by atoms with Gasteiger partial charge in [0.2, 0.25) is 17.3 Å². The first-order valence-corrected chi connectivity index (χ1v) is 29.7. The molecule has 21 nitrogen and oxygen atoms in total. The van der Waals surface area contributed by atoms with E-state index < -0.39 is 0 Å². The lowest BCUT2D eigenvalue weighted by atomic mass is 10.1. The van der Waals surface area contributed by atoms with E-state index in [9.17, 15) is 34.2 Å². The maximum atomic E-state index is 13.0. The number of nitrogens with two attached hydrogens (primary N) is 1. The second-order valence-electron chi connectivity index (χ2n) is 19.9. The third-order valence-corrected chi connectivity index (χ3v) is 14.8. The van der Waals surface area contributed by atoms with Gasteiger partial charge in [-0.3, -0.25) is 37.2 Å². The molecular weight excluding hydrogens is 1260 g/mol. The first-order valence-electron chi connectivity index (χ1n) is 28.1. The number of aromatic nitrogens is 11. The number of ketones is 5. The fourth-order valence-corrected chi connectivity index (χ4v) is 10.0. The Labute approximate surface area is 530 Å². The van der Waals surface area contributed by atoms with Crippen molar-refractivity contribution in [2.45, 2.75) is 87.5 Å². The number of nitrogens with zero attached hydrogens (tertiary/aromatic N) is 11. The lowest BCUT2D eigenvalue weighted by Gasteiger charge is -2.07. The molecule has 0 fully saturated rings. The molecule has 4 N–H and O–H groups in total. The van der Waals surface area contributed by atoms with Gasteiger partial charge in [0.05, 0.1) is 46.7 Å². The SMILES string of the molecule is CCC(=O)CC(=O)c1ccc(OC)cc1.CCc1nc2cc(C)ncn2c1C(=O)c1cc(Br)c(O)c(Br)c1.CCc1nc2cc(C)ncn2c1C(=O)c1ccc(O)cc1.CCc1nc2cc(C)ncn2c1C(=O)c1ccc(OC)cc1.Cc1cc(N)ncn1. The lowest BCUT2D eigenvalue weighted by molar-refractivity contribution is -0.117. The number of carbonyl (C=O) groups is 5. The molecule has 0 atom stereocenters. The summed E-state index contributed by atoms with van der Waals surface area (Å²) >= 11 is 6.51. The number of anilines is 1. The number of halogens is 2. The fraction of sp³-hybridized carbons (Fsp3) is 0.227. The van der Waals surface area contributed by atoms with Crippen LogP contribution in [0.4, 0.5) is 5.82 Å². The molecule has 11 aromatic rings. The number of nitrogen functional groups attached to an aromatic ring is 1. The molecule has 0 bridgehead atoms. The van der Waals surface area contributed by atoms with Crippen LogP contribution < -0.4 is 15.2 Å². The average molecular weight is 1330 g/mol. The number of rotatable bonds is 15. The standard InChI is InChI=1S/C17H17N3O2.C16H13Br2N3O2.C16H15N3O2.C12H14O3.C5H7N3/c1-4-14-16(20-10-18-11(2)9-15(20)19-14)17(21)12-5-7-13(22-3)8-6-12;1-3-12-14(21-7-19-8(2)4-13(21)20-12)15(22)9-5-10(17)16(23)11(18)6-9;1-3-13-15(16(21)11-4-6-12(20)7-5-11)19-9-17-10(2)8-14(19)18-13;1-3-10(13)8-12(14)9-4-6-11(15-2)7-5-9;1-4-2-5(6)8-3-7-4/h5-10H,4H2,1-3H3;4-7,23H,3H2,1-2H3;4-9,20H,3H2,1-2H3;4-7H,3,8H2,1-2H3;2-3H,1H3,(H2,6,7,8). The van der Waals surface area contributed by atoms with Gasteiger partial charge < -0.3 is 25.4 Å². The summed E-state index contributed by atoms with van der Waals surface area (Å²) in [5.41, 5.74) is 17.0. The molecule has 23 heteroatoms. The van der Waals surface area contributed by atoms with Crippen molar-refractivity contribution in [2.24, 2.45) is 0 Å². The van der Waals surface area contributed by atoms with Gasteiger partial charge in [0.25, 0.3) is 0 Å². The number of aromatic hydroxyl groups is 2. The molecule has 4 aromatic carbocycles. The van der Waals surface area contributed by atoms with E-state index in [2.05, 4.69) is 71.7 Å². The summed E-state index contributed by atoms with van der Waals surface area (Å²) < 4.78 is 16.2. The predicted molar refractivity (Wildman–Crippen MR) is 345 cm³/mol. The number of ether oxygens (including phenoxy) is 2. The van der Waals surface area contributed by atoms with Crippen LogP contribution in [-0.2, 0) is 24.1 Å². The smallest absolute Gasteiger partial charge is 0.211 e. The molecule has 0 unspecified atom stereocenters. The van der Waals surface area contributed by atoms with Gasteiger partial charge in [-0.25, -0.2) is 39.9 Å². The minimum Gasteiger partial charge on any atom is -0.508 e. The summed E-state index contributed by atoms with van der Waals surface area (Å²) in [5.74, 6) is 1.64. The largest absolute Gasteiger partial charge is 0.508 e. The number of aryl methyl sites for hydroxylation is 7. The Bertz CT molecular complexity index is 4310. The Hall–Kier alpha value is -9.87. The average Bonchev–Trinajstić information content (AvgIpc) is 2.18. The van der Waals surface area contributed by atoms with Crippen molar-refractivity contribution in [3.05, 3.63) is 223 Å². The quantitative estimate of drug-likeness (QED) is 0.0635. The number of benzene rings is 4. The van der Waals surface area contributed by atoms with E-state index in [1.807, 2.05) is 66.7 Å². The number of phenolic OH excluding ortho intramolecular Hbond substituents is 2. The van der Waals surface area contributed by atoms with Crippen molar-refractivity contribution < 1.29 is 43.7 Å². The van der Waals surface area contributed by atoms with Crippen molar-refractivity contribution in [2.75, 3.05) is 20.0 Å². The van der Waals surface area contributed by atoms with Gasteiger partial charge in [0, 0.05) is 75.7 Å². The Balaban J connectivity index is 0.000000163. The van der Waals surface area contributed by atoms with Crippen molar-refractivity contribution >= 4 is 83.5 Å². The van der Waals surface area contributed by atoms with E-state index in [1.54, 1.807) is 132 Å². The molecule has 0 amide bonds. The first-order chi connectivity index (χ1) is 42.6. The van der Waals surface area contributed by atoms with Gasteiger partial charge in [0.15, 0.2) is 5.78 Å². The number of imidazole rings is 3. The molecule has 7 aromatic heterocycles. The number of carbonyl (C=O) groups excluding carboxylic acids is 5. The van der Waals surface area contributed by atoms with Crippen LogP contribution in [0.1, 0.15) is 139 Å². The zero-order valence-corrected chi connectivity index (χ0v) is 53.9. The number of methoxy groups -OCH3 is 2. The number of Topliss-reactive ketones (excluding diaryl/α,β-unsaturated/α-hetero) is 2. The summed E-state index contributed by atoms with van der Waals surface area (Å²) in [6.07, 6.45) is 8.75. The van der Waals surface area contributed by atoms with Crippen LogP contribution in [0.5, 0.6) is 23.0 Å². The fourth-order valence-electron chi connectivity index (χ4n) is 8.85. The lowest BCUT2D eigenvalue weighted by Crippen LogP contribution is -2.09. The van der Waals surface area contributed by atoms with Crippen molar-refractivity contribution in [3.8, 4) is 23.0 Å². The zero-order chi connectivity index (χ0) is 64.6. The monoisotopic (exact) mass is 1330 g/mol. The molecular formula is C66H66Br2N12O9. The maximum Gasteiger partial charge on any atom is 0.211 e. The van der Waals surface area contributed by atoms with Crippen molar-refractivity contribution in [3.63, 3.8) is 0 Å². The Morgan fingerprint density at radius 3 is 1.18 bits per heavy atom. The maximum absolute atomic E-state index is 13.0. The molecule has 0 aliphatic heterocycles. The van der Waals surface area contributed by atoms with Crippen LogP contribution in [0.25, 0.3) is 16.9 Å². The molecule has 0 spiro atoms. The van der Waals surface area contributed by atoms with E-state index >= 15 is 0 Å². The van der Waals surface area contributed by atoms with Crippen LogP contribution in [0.15, 0.2) is 143 Å². The van der Waals surface area contributed by atoms with Crippen molar-refractivity contribution in [1.82, 2.24) is 53.1 Å².